The Morgan fingerprint density at radius 2 is 1.06 bits per heavy atom. The van der Waals surface area contributed by atoms with E-state index in [9.17, 15) is 0 Å². The van der Waals surface area contributed by atoms with Crippen LogP contribution in [0.3, 0.4) is 0 Å². The highest BCUT2D eigenvalue weighted by Crippen LogP contribution is 2.43. The molecule has 0 amide bonds. The van der Waals surface area contributed by atoms with Gasteiger partial charge in [0, 0.05) is 28.2 Å². The molecule has 31 heavy (non-hydrogen) atoms. The molecule has 0 N–H and O–H groups in total. The number of rotatable bonds is 3. The summed E-state index contributed by atoms with van der Waals surface area (Å²) in [6, 6.07) is 37.3. The maximum Gasteiger partial charge on any atom is 0.137 e. The van der Waals surface area contributed by atoms with Crippen molar-refractivity contribution in [2.24, 2.45) is 0 Å². The number of furan rings is 1. The van der Waals surface area contributed by atoms with E-state index in [1.165, 1.54) is 5.39 Å². The summed E-state index contributed by atoms with van der Waals surface area (Å²) in [6.45, 7) is 0. The molecule has 0 aliphatic carbocycles. The van der Waals surface area contributed by atoms with E-state index in [2.05, 4.69) is 65.6 Å². The first kappa shape index (κ1) is 18.1. The van der Waals surface area contributed by atoms with Crippen LogP contribution in [-0.2, 0) is 0 Å². The molecule has 0 spiro atoms. The molecule has 0 unspecified atom stereocenters. The Hall–Kier alpha value is -3.75. The fraction of sp³-hybridized carbons (Fsp3) is 0. The Morgan fingerprint density at radius 3 is 1.71 bits per heavy atom. The molecule has 1 aromatic heterocycles. The highest BCUT2D eigenvalue weighted by molar-refractivity contribution is 6.35. The van der Waals surface area contributed by atoms with Crippen LogP contribution >= 0.6 is 11.6 Å². The summed E-state index contributed by atoms with van der Waals surface area (Å²) in [7, 11) is 0. The smallest absolute Gasteiger partial charge is 0.137 e. The van der Waals surface area contributed by atoms with Gasteiger partial charge in [0.25, 0.3) is 0 Å². The van der Waals surface area contributed by atoms with Gasteiger partial charge in [0.1, 0.15) is 11.2 Å². The minimum Gasteiger partial charge on any atom is -0.456 e. The van der Waals surface area contributed by atoms with Crippen molar-refractivity contribution in [3.8, 4) is 0 Å². The zero-order chi connectivity index (χ0) is 20.8. The lowest BCUT2D eigenvalue weighted by atomic mass is 10.1. The van der Waals surface area contributed by atoms with Crippen LogP contribution in [0, 0.1) is 0 Å². The Morgan fingerprint density at radius 1 is 0.548 bits per heavy atom. The predicted molar refractivity (Wildman–Crippen MR) is 131 cm³/mol. The Bertz CT molecular complexity index is 1500. The lowest BCUT2D eigenvalue weighted by Crippen LogP contribution is -2.10. The fourth-order valence-electron chi connectivity index (χ4n) is 4.22. The van der Waals surface area contributed by atoms with E-state index in [-0.39, 0.29) is 0 Å². The molecule has 0 fully saturated rings. The number of para-hydroxylation sites is 2. The molecule has 0 radical (unpaired) electrons. The molecular weight excluding hydrogens is 402 g/mol. The molecule has 6 aromatic rings. The summed E-state index contributed by atoms with van der Waals surface area (Å²) in [5.41, 5.74) is 4.68. The molecule has 0 saturated carbocycles. The topological polar surface area (TPSA) is 16.4 Å². The molecule has 0 saturated heterocycles. The molecule has 5 aromatic carbocycles. The molecular formula is C28H18ClNO. The first-order valence-corrected chi connectivity index (χ1v) is 10.6. The molecule has 2 nitrogen and oxygen atoms in total. The number of halogens is 1. The molecule has 148 valence electrons. The van der Waals surface area contributed by atoms with Gasteiger partial charge in [-0.1, -0.05) is 72.3 Å². The zero-order valence-electron chi connectivity index (χ0n) is 16.6. The Balaban J connectivity index is 1.64. The van der Waals surface area contributed by atoms with E-state index in [0.717, 1.165) is 44.4 Å². The Kier molecular flexibility index (Phi) is 4.19. The van der Waals surface area contributed by atoms with Gasteiger partial charge in [0.05, 0.1) is 10.7 Å². The monoisotopic (exact) mass is 419 g/mol. The predicted octanol–water partition coefficient (Wildman–Crippen LogP) is 8.86. The molecule has 0 atom stereocenters. The van der Waals surface area contributed by atoms with Crippen LogP contribution in [0.2, 0.25) is 5.02 Å². The van der Waals surface area contributed by atoms with Crippen LogP contribution in [0.5, 0.6) is 0 Å². The van der Waals surface area contributed by atoms with Crippen molar-refractivity contribution in [1.29, 1.82) is 0 Å². The fourth-order valence-corrected chi connectivity index (χ4v) is 4.46. The van der Waals surface area contributed by atoms with E-state index in [1.54, 1.807) is 0 Å². The van der Waals surface area contributed by atoms with Crippen LogP contribution in [-0.4, -0.2) is 0 Å². The van der Waals surface area contributed by atoms with Crippen molar-refractivity contribution >= 4 is 61.4 Å². The van der Waals surface area contributed by atoms with E-state index < -0.39 is 0 Å². The minimum atomic E-state index is 0.642. The molecule has 0 aliphatic heterocycles. The van der Waals surface area contributed by atoms with Crippen molar-refractivity contribution in [2.75, 3.05) is 4.90 Å². The van der Waals surface area contributed by atoms with Crippen LogP contribution in [0.1, 0.15) is 0 Å². The van der Waals surface area contributed by atoms with Crippen molar-refractivity contribution in [3.63, 3.8) is 0 Å². The van der Waals surface area contributed by atoms with Gasteiger partial charge in [-0.05, 0) is 53.2 Å². The Labute approximate surface area is 184 Å². The summed E-state index contributed by atoms with van der Waals surface area (Å²) in [5, 5.41) is 5.14. The number of nitrogens with zero attached hydrogens (tertiary/aromatic N) is 1. The lowest BCUT2D eigenvalue weighted by Gasteiger charge is -2.26. The number of hydrogen-bond donors (Lipinski definition) is 0. The second kappa shape index (κ2) is 7.19. The molecule has 0 aliphatic rings. The van der Waals surface area contributed by atoms with Gasteiger partial charge in [-0.25, -0.2) is 0 Å². The van der Waals surface area contributed by atoms with Gasteiger partial charge >= 0.3 is 0 Å². The third-order valence-corrected chi connectivity index (χ3v) is 5.98. The number of fused-ring (bicyclic) bond motifs is 4. The quantitative estimate of drug-likeness (QED) is 0.284. The average molecular weight is 420 g/mol. The first-order chi connectivity index (χ1) is 15.3. The summed E-state index contributed by atoms with van der Waals surface area (Å²) in [6.07, 6.45) is 0. The normalized spacial score (nSPS) is 11.4. The van der Waals surface area contributed by atoms with E-state index in [1.807, 2.05) is 48.5 Å². The van der Waals surface area contributed by atoms with E-state index >= 15 is 0 Å². The van der Waals surface area contributed by atoms with Gasteiger partial charge in [-0.2, -0.15) is 0 Å². The van der Waals surface area contributed by atoms with Crippen LogP contribution in [0.25, 0.3) is 32.7 Å². The highest BCUT2D eigenvalue weighted by Gasteiger charge is 2.18. The summed E-state index contributed by atoms with van der Waals surface area (Å²) >= 11 is 6.83. The second-order valence-electron chi connectivity index (χ2n) is 7.60. The summed E-state index contributed by atoms with van der Waals surface area (Å²) in [4.78, 5) is 2.18. The van der Waals surface area contributed by atoms with Crippen LogP contribution < -0.4 is 4.90 Å². The number of hydrogen-bond acceptors (Lipinski definition) is 2. The van der Waals surface area contributed by atoms with Gasteiger partial charge in [-0.3, -0.25) is 0 Å². The van der Waals surface area contributed by atoms with Crippen LogP contribution in [0.4, 0.5) is 17.1 Å². The van der Waals surface area contributed by atoms with Gasteiger partial charge in [0.2, 0.25) is 0 Å². The lowest BCUT2D eigenvalue weighted by molar-refractivity contribution is 0.669. The van der Waals surface area contributed by atoms with Crippen molar-refractivity contribution in [3.05, 3.63) is 114 Å². The number of benzene rings is 5. The third-order valence-electron chi connectivity index (χ3n) is 5.68. The molecule has 1 heterocycles. The standard InChI is InChI=1S/C28H18ClNO/c29-25-18-28-24(23-15-19-9-7-8-10-20(19)16-27(23)31-28)17-26(25)30(21-11-3-1-4-12-21)22-13-5-2-6-14-22/h1-18H. The molecule has 0 bridgehead atoms. The van der Waals surface area contributed by atoms with Crippen molar-refractivity contribution in [1.82, 2.24) is 0 Å². The van der Waals surface area contributed by atoms with Gasteiger partial charge in [-0.15, -0.1) is 0 Å². The molecule has 3 heteroatoms. The van der Waals surface area contributed by atoms with Gasteiger partial charge < -0.3 is 9.32 Å². The maximum atomic E-state index is 6.83. The largest absolute Gasteiger partial charge is 0.456 e. The van der Waals surface area contributed by atoms with Gasteiger partial charge in [0.15, 0.2) is 0 Å². The zero-order valence-corrected chi connectivity index (χ0v) is 17.4. The average Bonchev–Trinajstić information content (AvgIpc) is 3.15. The van der Waals surface area contributed by atoms with E-state index in [0.29, 0.717) is 5.02 Å². The second-order valence-corrected chi connectivity index (χ2v) is 8.01. The summed E-state index contributed by atoms with van der Waals surface area (Å²) < 4.78 is 6.18. The minimum absolute atomic E-state index is 0.642. The highest BCUT2D eigenvalue weighted by atomic mass is 35.5. The third kappa shape index (κ3) is 3.04. The first-order valence-electron chi connectivity index (χ1n) is 10.2. The van der Waals surface area contributed by atoms with Crippen molar-refractivity contribution < 1.29 is 4.42 Å². The van der Waals surface area contributed by atoms with Crippen molar-refractivity contribution in [2.45, 2.75) is 0 Å². The maximum absolute atomic E-state index is 6.83. The van der Waals surface area contributed by atoms with Crippen LogP contribution in [0.15, 0.2) is 114 Å². The van der Waals surface area contributed by atoms with E-state index in [4.69, 9.17) is 16.0 Å². The molecule has 6 rings (SSSR count). The number of anilines is 3. The SMILES string of the molecule is Clc1cc2oc3cc4ccccc4cc3c2cc1N(c1ccccc1)c1ccccc1. The summed E-state index contributed by atoms with van der Waals surface area (Å²) in [5.74, 6) is 0.